The molecule has 3 aromatic heterocycles. The van der Waals surface area contributed by atoms with Crippen molar-refractivity contribution in [2.75, 3.05) is 21.3 Å². The molecule has 0 N–H and O–H groups in total. The van der Waals surface area contributed by atoms with E-state index in [0.717, 1.165) is 5.39 Å². The molecule has 5 rings (SSSR count). The summed E-state index contributed by atoms with van der Waals surface area (Å²) in [4.78, 5) is 8.34. The summed E-state index contributed by atoms with van der Waals surface area (Å²) in [5, 5.41) is 13.6. The molecule has 41 heavy (non-hydrogen) atoms. The lowest BCUT2D eigenvalue weighted by Gasteiger charge is -2.22. The Morgan fingerprint density at radius 1 is 0.976 bits per heavy atom. The fraction of sp³-hybridized carbons (Fsp3) is 0.296. The maximum Gasteiger partial charge on any atom is 0.171 e. The van der Waals surface area contributed by atoms with Gasteiger partial charge in [0.15, 0.2) is 27.3 Å². The highest BCUT2D eigenvalue weighted by Crippen LogP contribution is 2.38. The van der Waals surface area contributed by atoms with E-state index in [1.807, 2.05) is 31.4 Å². The predicted octanol–water partition coefficient (Wildman–Crippen LogP) is 3.97. The lowest BCUT2D eigenvalue weighted by atomic mass is 10.1. The number of methoxy groups -OCH3 is 3. The zero-order valence-electron chi connectivity index (χ0n) is 23.0. The van der Waals surface area contributed by atoms with Crippen LogP contribution in [0, 0.1) is 0 Å². The maximum atomic E-state index is 13.9. The summed E-state index contributed by atoms with van der Waals surface area (Å²) in [6.45, 7) is 1.54. The first-order valence-corrected chi connectivity index (χ1v) is 14.6. The minimum absolute atomic E-state index is 0.148. The number of nitrogens with zero attached hydrogens (tertiary/aromatic N) is 7. The monoisotopic (exact) mass is 597 g/mol. The highest BCUT2D eigenvalue weighted by atomic mass is 35.5. The fourth-order valence-electron chi connectivity index (χ4n) is 4.69. The molecular weight excluding hydrogens is 570 g/mol. The topological polar surface area (TPSA) is 136 Å². The average Bonchev–Trinajstić information content (AvgIpc) is 3.55. The lowest BCUT2D eigenvalue weighted by Crippen LogP contribution is -2.30. The minimum atomic E-state index is -3.92. The molecule has 214 valence electrons. The fourth-order valence-corrected chi connectivity index (χ4v) is 6.21. The van der Waals surface area contributed by atoms with E-state index in [9.17, 15) is 8.42 Å². The Balaban J connectivity index is 1.67. The van der Waals surface area contributed by atoms with Crippen LogP contribution in [-0.2, 0) is 27.4 Å². The van der Waals surface area contributed by atoms with Gasteiger partial charge >= 0.3 is 0 Å². The van der Waals surface area contributed by atoms with Gasteiger partial charge in [-0.15, -0.1) is 10.2 Å². The Labute approximate surface area is 241 Å². The number of ether oxygens (including phenoxy) is 3. The van der Waals surface area contributed by atoms with Crippen LogP contribution in [0.2, 0.25) is 5.02 Å². The van der Waals surface area contributed by atoms with E-state index in [1.54, 1.807) is 34.4 Å². The molecule has 0 fully saturated rings. The van der Waals surface area contributed by atoms with Crippen molar-refractivity contribution in [3.63, 3.8) is 0 Å². The lowest BCUT2D eigenvalue weighted by molar-refractivity contribution is 0.0948. The largest absolute Gasteiger partial charge is 0.494 e. The van der Waals surface area contributed by atoms with Crippen molar-refractivity contribution >= 4 is 32.3 Å². The van der Waals surface area contributed by atoms with Gasteiger partial charge in [0.2, 0.25) is 0 Å². The Hall–Kier alpha value is -4.07. The van der Waals surface area contributed by atoms with Crippen LogP contribution in [0.3, 0.4) is 0 Å². The number of sulfone groups is 1. The molecule has 0 bridgehead atoms. The molecule has 0 spiro atoms. The van der Waals surface area contributed by atoms with E-state index in [2.05, 4.69) is 25.3 Å². The number of para-hydroxylation sites is 1. The van der Waals surface area contributed by atoms with Crippen LogP contribution in [0.15, 0.2) is 55.0 Å². The zero-order chi connectivity index (χ0) is 29.3. The van der Waals surface area contributed by atoms with Crippen molar-refractivity contribution in [3.05, 3.63) is 71.7 Å². The third kappa shape index (κ3) is 5.35. The predicted molar refractivity (Wildman–Crippen MR) is 153 cm³/mol. The van der Waals surface area contributed by atoms with Gasteiger partial charge in [-0.2, -0.15) is 5.10 Å². The van der Waals surface area contributed by atoms with Crippen LogP contribution in [-0.4, -0.2) is 69.5 Å². The summed E-state index contributed by atoms with van der Waals surface area (Å²) in [5.41, 5.74) is 1.79. The Bertz CT molecular complexity index is 1780. The number of fused-ring (bicyclic) bond motifs is 1. The van der Waals surface area contributed by atoms with Gasteiger partial charge in [-0.3, -0.25) is 9.25 Å². The number of halogens is 1. The van der Waals surface area contributed by atoms with Crippen LogP contribution >= 0.6 is 11.6 Å². The van der Waals surface area contributed by atoms with Crippen LogP contribution in [0.25, 0.3) is 28.0 Å². The molecule has 0 amide bonds. The summed E-state index contributed by atoms with van der Waals surface area (Å²) in [6, 6.07) is 11.0. The number of hydrogen-bond acceptors (Lipinski definition) is 10. The molecule has 3 heterocycles. The molecule has 2 atom stereocenters. The van der Waals surface area contributed by atoms with Crippen molar-refractivity contribution in [2.24, 2.45) is 7.05 Å². The van der Waals surface area contributed by atoms with E-state index < -0.39 is 26.9 Å². The molecule has 2 aromatic carbocycles. The molecule has 0 aliphatic rings. The SMILES string of the molecule is COc1cccc(OC)c1-n1c(CS(=O)(=O)[C@@H](C)[C@H](OC)c2ncc(Cl)cn2)nnc1-c1cccc2cn(C)nc12. The normalized spacial score (nSPS) is 13.3. The molecule has 0 radical (unpaired) electrons. The first-order valence-electron chi connectivity index (χ1n) is 12.5. The van der Waals surface area contributed by atoms with Crippen molar-refractivity contribution in [1.29, 1.82) is 0 Å². The Morgan fingerprint density at radius 3 is 2.27 bits per heavy atom. The van der Waals surface area contributed by atoms with Crippen molar-refractivity contribution in [2.45, 2.75) is 24.0 Å². The molecular formula is C27H28ClN7O5S. The summed E-state index contributed by atoms with van der Waals surface area (Å²) in [7, 11) is 2.36. The van der Waals surface area contributed by atoms with Crippen LogP contribution < -0.4 is 9.47 Å². The summed E-state index contributed by atoms with van der Waals surface area (Å²) in [5.74, 6) is 1.12. The number of hydrogen-bond donors (Lipinski definition) is 0. The summed E-state index contributed by atoms with van der Waals surface area (Å²) in [6.07, 6.45) is 3.73. The van der Waals surface area contributed by atoms with E-state index in [0.29, 0.717) is 39.1 Å². The molecule has 0 saturated carbocycles. The minimum Gasteiger partial charge on any atom is -0.494 e. The van der Waals surface area contributed by atoms with Crippen LogP contribution in [0.4, 0.5) is 0 Å². The standard InChI is InChI=1S/C27H28ClN7O5S/c1-16(25(40-5)26-29-12-18(28)13-30-26)41(36,37)15-22-31-32-27(19-9-6-8-17-14-34(2)33-23(17)19)35(22)24-20(38-3)10-7-11-21(24)39-4/h6-14,16,25H,15H2,1-5H3/t16-,25-/m0/s1. The van der Waals surface area contributed by atoms with E-state index >= 15 is 0 Å². The van der Waals surface area contributed by atoms with Crippen molar-refractivity contribution in [1.82, 2.24) is 34.5 Å². The number of rotatable bonds is 10. The first-order chi connectivity index (χ1) is 19.7. The van der Waals surface area contributed by atoms with Crippen molar-refractivity contribution in [3.8, 4) is 28.6 Å². The summed E-state index contributed by atoms with van der Waals surface area (Å²) < 4.78 is 48.0. The average molecular weight is 598 g/mol. The number of aromatic nitrogens is 7. The molecule has 0 aliphatic carbocycles. The third-order valence-corrected chi connectivity index (χ3v) is 8.95. The molecule has 12 nitrogen and oxygen atoms in total. The smallest absolute Gasteiger partial charge is 0.171 e. The van der Waals surface area contributed by atoms with Gasteiger partial charge in [0.05, 0.1) is 24.5 Å². The second kappa shape index (κ2) is 11.4. The molecule has 0 aliphatic heterocycles. The second-order valence-electron chi connectivity index (χ2n) is 9.26. The van der Waals surface area contributed by atoms with E-state index in [1.165, 1.54) is 33.7 Å². The zero-order valence-corrected chi connectivity index (χ0v) is 24.6. The quantitative estimate of drug-likeness (QED) is 0.232. The maximum absolute atomic E-state index is 13.9. The Morgan fingerprint density at radius 2 is 1.63 bits per heavy atom. The Kier molecular flexibility index (Phi) is 7.93. The van der Waals surface area contributed by atoms with E-state index in [-0.39, 0.29) is 11.6 Å². The highest BCUT2D eigenvalue weighted by molar-refractivity contribution is 7.91. The van der Waals surface area contributed by atoms with Gasteiger partial charge in [-0.1, -0.05) is 29.8 Å². The third-order valence-electron chi connectivity index (χ3n) is 6.72. The number of aryl methyl sites for hydroxylation is 1. The second-order valence-corrected chi connectivity index (χ2v) is 12.1. The number of benzene rings is 2. The van der Waals surface area contributed by atoms with E-state index in [4.69, 9.17) is 25.8 Å². The molecule has 0 saturated heterocycles. The molecule has 0 unspecified atom stereocenters. The van der Waals surface area contributed by atoms with Gasteiger partial charge in [0.1, 0.15) is 34.6 Å². The van der Waals surface area contributed by atoms with Gasteiger partial charge in [0.25, 0.3) is 0 Å². The van der Waals surface area contributed by atoms with Crippen molar-refractivity contribution < 1.29 is 22.6 Å². The highest BCUT2D eigenvalue weighted by Gasteiger charge is 2.35. The summed E-state index contributed by atoms with van der Waals surface area (Å²) >= 11 is 5.92. The van der Waals surface area contributed by atoms with Crippen LogP contribution in [0.1, 0.15) is 24.7 Å². The van der Waals surface area contributed by atoms with Crippen LogP contribution in [0.5, 0.6) is 11.5 Å². The van der Waals surface area contributed by atoms with Gasteiger partial charge in [-0.05, 0) is 25.1 Å². The first kappa shape index (κ1) is 28.5. The van der Waals surface area contributed by atoms with Gasteiger partial charge < -0.3 is 14.2 Å². The molecule has 14 heteroatoms. The van der Waals surface area contributed by atoms with Gasteiger partial charge in [0, 0.05) is 43.7 Å². The van der Waals surface area contributed by atoms with Gasteiger partial charge in [-0.25, -0.2) is 18.4 Å². The molecule has 5 aromatic rings.